The molecule has 29 heavy (non-hydrogen) atoms. The van der Waals surface area contributed by atoms with Crippen LogP contribution in [0.25, 0.3) is 6.08 Å². The van der Waals surface area contributed by atoms with E-state index in [4.69, 9.17) is 14.2 Å². The molecule has 1 atom stereocenters. The Kier molecular flexibility index (Phi) is 6.47. The average molecular weight is 395 g/mol. The van der Waals surface area contributed by atoms with E-state index < -0.39 is 6.09 Å². The summed E-state index contributed by atoms with van der Waals surface area (Å²) in [6, 6.07) is 11.4. The van der Waals surface area contributed by atoms with Crippen molar-refractivity contribution in [2.45, 2.75) is 52.7 Å². The first-order chi connectivity index (χ1) is 13.9. The van der Waals surface area contributed by atoms with Gasteiger partial charge in [0, 0.05) is 11.3 Å². The zero-order chi connectivity index (χ0) is 20.9. The fraction of sp³-hybridized carbons (Fsp3) is 0.375. The van der Waals surface area contributed by atoms with Gasteiger partial charge in [-0.05, 0) is 68.7 Å². The van der Waals surface area contributed by atoms with Crippen LogP contribution in [0, 0.1) is 6.92 Å². The van der Waals surface area contributed by atoms with Crippen LogP contribution in [0.2, 0.25) is 0 Å². The molecule has 1 heterocycles. The predicted octanol–water partition coefficient (Wildman–Crippen LogP) is 6.11. The van der Waals surface area contributed by atoms with E-state index in [2.05, 4.69) is 31.3 Å². The van der Waals surface area contributed by atoms with E-state index in [0.717, 1.165) is 41.0 Å². The van der Waals surface area contributed by atoms with E-state index in [1.807, 2.05) is 50.2 Å². The van der Waals surface area contributed by atoms with Gasteiger partial charge >= 0.3 is 6.09 Å². The summed E-state index contributed by atoms with van der Waals surface area (Å²) in [5, 5.41) is 2.83. The number of benzene rings is 2. The molecule has 0 bridgehead atoms. The lowest BCUT2D eigenvalue weighted by Gasteiger charge is -2.32. The van der Waals surface area contributed by atoms with Crippen molar-refractivity contribution in [2.75, 3.05) is 11.9 Å². The quantitative estimate of drug-likeness (QED) is 0.615. The van der Waals surface area contributed by atoms with E-state index in [9.17, 15) is 4.79 Å². The van der Waals surface area contributed by atoms with Crippen LogP contribution in [0.5, 0.6) is 11.5 Å². The maximum Gasteiger partial charge on any atom is 0.411 e. The number of carbonyl (C=O) groups excluding carboxylic acids is 1. The van der Waals surface area contributed by atoms with Crippen molar-refractivity contribution >= 4 is 17.9 Å². The lowest BCUT2D eigenvalue weighted by atomic mass is 9.95. The summed E-state index contributed by atoms with van der Waals surface area (Å²) in [4.78, 5) is 12.3. The van der Waals surface area contributed by atoms with Crippen molar-refractivity contribution in [1.29, 1.82) is 0 Å². The highest BCUT2D eigenvalue weighted by atomic mass is 16.5. The van der Waals surface area contributed by atoms with Crippen LogP contribution in [0.4, 0.5) is 10.5 Å². The normalized spacial score (nSPS) is 17.2. The van der Waals surface area contributed by atoms with E-state index in [1.54, 1.807) is 0 Å². The molecule has 154 valence electrons. The highest BCUT2D eigenvalue weighted by Gasteiger charge is 2.27. The van der Waals surface area contributed by atoms with Crippen molar-refractivity contribution in [3.8, 4) is 11.5 Å². The van der Waals surface area contributed by atoms with Gasteiger partial charge in [0.05, 0.1) is 6.61 Å². The van der Waals surface area contributed by atoms with Crippen molar-refractivity contribution < 1.29 is 19.0 Å². The van der Waals surface area contributed by atoms with Gasteiger partial charge in [0.15, 0.2) is 0 Å². The number of ether oxygens (including phenoxy) is 3. The van der Waals surface area contributed by atoms with Gasteiger partial charge in [-0.3, -0.25) is 5.32 Å². The first kappa shape index (κ1) is 20.8. The van der Waals surface area contributed by atoms with Gasteiger partial charge in [-0.25, -0.2) is 4.79 Å². The van der Waals surface area contributed by atoms with Crippen LogP contribution >= 0.6 is 0 Å². The predicted molar refractivity (Wildman–Crippen MR) is 116 cm³/mol. The van der Waals surface area contributed by atoms with Gasteiger partial charge in [-0.2, -0.15) is 0 Å². The molecule has 2 aromatic carbocycles. The summed E-state index contributed by atoms with van der Waals surface area (Å²) in [5.41, 5.74) is 3.21. The molecule has 0 aliphatic carbocycles. The molecule has 0 saturated heterocycles. The molecule has 5 heteroatoms. The number of carbonyl (C=O) groups is 1. The summed E-state index contributed by atoms with van der Waals surface area (Å²) in [6.07, 6.45) is 5.67. The van der Waals surface area contributed by atoms with Crippen molar-refractivity contribution in [3.05, 3.63) is 59.2 Å². The largest absolute Gasteiger partial charge is 0.494 e. The average Bonchev–Trinajstić information content (AvgIpc) is 2.69. The molecule has 5 nitrogen and oxygen atoms in total. The van der Waals surface area contributed by atoms with Crippen molar-refractivity contribution in [2.24, 2.45) is 0 Å². The van der Waals surface area contributed by atoms with Crippen LogP contribution in [-0.2, 0) is 11.3 Å². The maximum atomic E-state index is 12.3. The molecule has 0 radical (unpaired) electrons. The Morgan fingerprint density at radius 3 is 2.62 bits per heavy atom. The van der Waals surface area contributed by atoms with Crippen LogP contribution < -0.4 is 14.8 Å². The third kappa shape index (κ3) is 5.31. The number of amides is 1. The van der Waals surface area contributed by atoms with E-state index in [-0.39, 0.29) is 12.2 Å². The fourth-order valence-corrected chi connectivity index (χ4v) is 3.38. The second kappa shape index (κ2) is 9.03. The topological polar surface area (TPSA) is 56.8 Å². The Labute approximate surface area is 172 Å². The molecule has 0 saturated carbocycles. The van der Waals surface area contributed by atoms with Crippen molar-refractivity contribution in [1.82, 2.24) is 0 Å². The Bertz CT molecular complexity index is 888. The Morgan fingerprint density at radius 1 is 1.17 bits per heavy atom. The monoisotopic (exact) mass is 395 g/mol. The lowest BCUT2D eigenvalue weighted by Crippen LogP contribution is -2.31. The Balaban J connectivity index is 1.61. The van der Waals surface area contributed by atoms with E-state index in [1.165, 1.54) is 0 Å². The van der Waals surface area contributed by atoms with Crippen LogP contribution in [0.15, 0.2) is 42.5 Å². The van der Waals surface area contributed by atoms with Gasteiger partial charge in [-0.1, -0.05) is 31.6 Å². The third-order valence-corrected chi connectivity index (χ3v) is 4.90. The first-order valence-corrected chi connectivity index (χ1v) is 10.1. The molecule has 1 unspecified atom stereocenters. The van der Waals surface area contributed by atoms with E-state index >= 15 is 0 Å². The molecule has 3 rings (SSSR count). The molecule has 0 spiro atoms. The number of hydrogen-bond donors (Lipinski definition) is 1. The summed E-state index contributed by atoms with van der Waals surface area (Å²) in [7, 11) is 0. The summed E-state index contributed by atoms with van der Waals surface area (Å²) >= 11 is 0. The summed E-state index contributed by atoms with van der Waals surface area (Å²) in [6.45, 7) is 8.94. The first-order valence-electron chi connectivity index (χ1n) is 10.1. The fourth-order valence-electron chi connectivity index (χ4n) is 3.38. The van der Waals surface area contributed by atoms with Gasteiger partial charge in [0.25, 0.3) is 0 Å². The minimum atomic E-state index is -0.488. The van der Waals surface area contributed by atoms with Crippen LogP contribution in [0.3, 0.4) is 0 Å². The molecule has 0 aromatic heterocycles. The highest BCUT2D eigenvalue weighted by molar-refractivity contribution is 5.87. The highest BCUT2D eigenvalue weighted by Crippen LogP contribution is 2.36. The standard InChI is InChI=1S/C24H29NO4/c1-5-12-24(4)13-11-19-15-21(17(3)14-22(19)29-24)25-23(26)28-16-18-7-9-20(10-8-18)27-6-2/h7-11,13-15H,5-6,12,16H2,1-4H3,(H,25,26). The Morgan fingerprint density at radius 2 is 1.93 bits per heavy atom. The zero-order valence-electron chi connectivity index (χ0n) is 17.6. The van der Waals surface area contributed by atoms with E-state index in [0.29, 0.717) is 12.3 Å². The zero-order valence-corrected chi connectivity index (χ0v) is 17.6. The second-order valence-corrected chi connectivity index (χ2v) is 7.48. The number of nitrogens with one attached hydrogen (secondary N) is 1. The molecule has 2 aromatic rings. The number of rotatable bonds is 7. The van der Waals surface area contributed by atoms with Crippen LogP contribution in [-0.4, -0.2) is 18.3 Å². The third-order valence-electron chi connectivity index (χ3n) is 4.90. The Hall–Kier alpha value is -2.95. The SMILES string of the molecule is CCCC1(C)C=Cc2cc(NC(=O)OCc3ccc(OCC)cc3)c(C)cc2O1. The van der Waals surface area contributed by atoms with Gasteiger partial charge in [0.1, 0.15) is 23.7 Å². The molecule has 0 fully saturated rings. The number of anilines is 1. The summed E-state index contributed by atoms with van der Waals surface area (Å²) in [5.74, 6) is 1.64. The smallest absolute Gasteiger partial charge is 0.411 e. The molecule has 1 aliphatic rings. The molecular formula is C24H29NO4. The molecule has 1 N–H and O–H groups in total. The van der Waals surface area contributed by atoms with Crippen molar-refractivity contribution in [3.63, 3.8) is 0 Å². The molecular weight excluding hydrogens is 366 g/mol. The lowest BCUT2D eigenvalue weighted by molar-refractivity contribution is 0.126. The number of fused-ring (bicyclic) bond motifs is 1. The minimum absolute atomic E-state index is 0.195. The molecule has 1 aliphatic heterocycles. The number of aryl methyl sites for hydroxylation is 1. The minimum Gasteiger partial charge on any atom is -0.494 e. The van der Waals surface area contributed by atoms with Crippen LogP contribution in [0.1, 0.15) is 50.3 Å². The maximum absolute atomic E-state index is 12.3. The summed E-state index contributed by atoms with van der Waals surface area (Å²) < 4.78 is 17.0. The van der Waals surface area contributed by atoms with Gasteiger partial charge in [-0.15, -0.1) is 0 Å². The van der Waals surface area contributed by atoms with Gasteiger partial charge in [0.2, 0.25) is 0 Å². The second-order valence-electron chi connectivity index (χ2n) is 7.48. The van der Waals surface area contributed by atoms with Gasteiger partial charge < -0.3 is 14.2 Å². The molecule has 1 amide bonds. The number of hydrogen-bond acceptors (Lipinski definition) is 4.